The van der Waals surface area contributed by atoms with E-state index in [-0.39, 0.29) is 11.8 Å². The lowest BCUT2D eigenvalue weighted by Crippen LogP contribution is -2.27. The predicted octanol–water partition coefficient (Wildman–Crippen LogP) is 6.03. The van der Waals surface area contributed by atoms with Gasteiger partial charge < -0.3 is 14.6 Å². The quantitative estimate of drug-likeness (QED) is 0.260. The number of nitrogens with zero attached hydrogens (tertiary/aromatic N) is 2. The minimum atomic E-state index is -0.110. The van der Waals surface area contributed by atoms with Gasteiger partial charge in [-0.3, -0.25) is 9.78 Å². The number of pyridine rings is 1. The second-order valence-electron chi connectivity index (χ2n) is 9.24. The van der Waals surface area contributed by atoms with Crippen LogP contribution in [0.5, 0.6) is 5.75 Å². The van der Waals surface area contributed by atoms with Gasteiger partial charge in [-0.1, -0.05) is 66.7 Å². The zero-order valence-electron chi connectivity index (χ0n) is 21.0. The maximum Gasteiger partial charge on any atom is 0.220 e. The number of rotatable bonds is 10. The summed E-state index contributed by atoms with van der Waals surface area (Å²) in [6.45, 7) is 1.05. The number of hydrogen-bond donors (Lipinski definition) is 1. The van der Waals surface area contributed by atoms with Crippen LogP contribution in [0.25, 0.3) is 10.9 Å². The van der Waals surface area contributed by atoms with Crippen molar-refractivity contribution in [3.8, 4) is 5.75 Å². The van der Waals surface area contributed by atoms with E-state index in [9.17, 15) is 4.79 Å². The van der Waals surface area contributed by atoms with Crippen LogP contribution < -0.4 is 10.1 Å². The van der Waals surface area contributed by atoms with E-state index in [4.69, 9.17) is 4.74 Å². The van der Waals surface area contributed by atoms with Crippen LogP contribution in [0.3, 0.4) is 0 Å². The van der Waals surface area contributed by atoms with E-state index in [0.29, 0.717) is 26.0 Å². The molecule has 0 saturated carbocycles. The Hall–Kier alpha value is -4.38. The fourth-order valence-corrected chi connectivity index (χ4v) is 4.75. The summed E-state index contributed by atoms with van der Waals surface area (Å²) in [5, 5.41) is 4.26. The monoisotopic (exact) mass is 489 g/mol. The summed E-state index contributed by atoms with van der Waals surface area (Å²) in [4.78, 5) is 17.5. The first-order valence-electron chi connectivity index (χ1n) is 12.6. The molecule has 2 aromatic heterocycles. The molecule has 5 rings (SSSR count). The number of amides is 1. The van der Waals surface area contributed by atoms with E-state index in [2.05, 4.69) is 70.6 Å². The van der Waals surface area contributed by atoms with Gasteiger partial charge in [-0.25, -0.2) is 0 Å². The average molecular weight is 490 g/mol. The standard InChI is InChI=1S/C32H31N3O2/c1-35-22-30(28-15-5-6-16-31(28)35)29(21-32(36)34-19-17-26-13-7-8-18-33-26)25-12-9-14-27(20-25)37-23-24-10-3-2-4-11-24/h2-16,18,20,22,29H,17,19,21,23H2,1H3,(H,34,36). The molecule has 0 spiro atoms. The topological polar surface area (TPSA) is 56.2 Å². The Morgan fingerprint density at radius 2 is 1.76 bits per heavy atom. The lowest BCUT2D eigenvalue weighted by atomic mass is 9.88. The molecule has 0 saturated heterocycles. The van der Waals surface area contributed by atoms with Crippen molar-refractivity contribution in [3.63, 3.8) is 0 Å². The molecular weight excluding hydrogens is 458 g/mol. The van der Waals surface area contributed by atoms with Crippen LogP contribution in [0.15, 0.2) is 109 Å². The van der Waals surface area contributed by atoms with E-state index in [1.807, 2.05) is 54.6 Å². The number of fused-ring (bicyclic) bond motifs is 1. The largest absolute Gasteiger partial charge is 0.489 e. The number of benzene rings is 3. The molecule has 0 radical (unpaired) electrons. The van der Waals surface area contributed by atoms with Crippen molar-refractivity contribution < 1.29 is 9.53 Å². The summed E-state index contributed by atoms with van der Waals surface area (Å²) in [5.41, 5.74) is 5.43. The minimum Gasteiger partial charge on any atom is -0.489 e. The number of nitrogens with one attached hydrogen (secondary N) is 1. The summed E-state index contributed by atoms with van der Waals surface area (Å²) in [6, 6.07) is 32.4. The molecule has 0 aliphatic heterocycles. The molecule has 0 aliphatic carbocycles. The van der Waals surface area contributed by atoms with Crippen LogP contribution in [-0.4, -0.2) is 22.0 Å². The average Bonchev–Trinajstić information content (AvgIpc) is 3.28. The molecule has 3 aromatic carbocycles. The van der Waals surface area contributed by atoms with Crippen molar-refractivity contribution in [2.45, 2.75) is 25.4 Å². The number of carbonyl (C=O) groups is 1. The molecule has 0 aliphatic rings. The molecule has 1 atom stereocenters. The predicted molar refractivity (Wildman–Crippen MR) is 148 cm³/mol. The van der Waals surface area contributed by atoms with Gasteiger partial charge in [-0.05, 0) is 47.0 Å². The van der Waals surface area contributed by atoms with Crippen molar-refractivity contribution >= 4 is 16.8 Å². The van der Waals surface area contributed by atoms with Gasteiger partial charge in [-0.15, -0.1) is 0 Å². The van der Waals surface area contributed by atoms with Crippen molar-refractivity contribution in [1.29, 1.82) is 0 Å². The molecule has 0 bridgehead atoms. The van der Waals surface area contributed by atoms with Gasteiger partial charge in [0.15, 0.2) is 0 Å². The number of aryl methyl sites for hydroxylation is 1. The first kappa shape index (κ1) is 24.3. The fraction of sp³-hybridized carbons (Fsp3) is 0.188. The highest BCUT2D eigenvalue weighted by atomic mass is 16.5. The highest BCUT2D eigenvalue weighted by Crippen LogP contribution is 2.35. The van der Waals surface area contributed by atoms with Gasteiger partial charge >= 0.3 is 0 Å². The molecule has 2 heterocycles. The molecule has 1 unspecified atom stereocenters. The zero-order valence-corrected chi connectivity index (χ0v) is 21.0. The second-order valence-corrected chi connectivity index (χ2v) is 9.24. The number of carbonyl (C=O) groups excluding carboxylic acids is 1. The Bertz CT molecular complexity index is 1460. The lowest BCUT2D eigenvalue weighted by molar-refractivity contribution is -0.121. The molecule has 5 aromatic rings. The van der Waals surface area contributed by atoms with E-state index >= 15 is 0 Å². The Morgan fingerprint density at radius 1 is 0.946 bits per heavy atom. The lowest BCUT2D eigenvalue weighted by Gasteiger charge is -2.18. The first-order valence-corrected chi connectivity index (χ1v) is 12.6. The van der Waals surface area contributed by atoms with E-state index in [1.165, 1.54) is 0 Å². The Kier molecular flexibility index (Phi) is 7.60. The molecular formula is C32H31N3O2. The first-order chi connectivity index (χ1) is 18.2. The Balaban J connectivity index is 1.38. The maximum atomic E-state index is 13.2. The third-order valence-electron chi connectivity index (χ3n) is 6.63. The van der Waals surface area contributed by atoms with Gasteiger partial charge in [-0.2, -0.15) is 0 Å². The van der Waals surface area contributed by atoms with Crippen LogP contribution >= 0.6 is 0 Å². The van der Waals surface area contributed by atoms with Crippen LogP contribution in [0.1, 0.15) is 34.7 Å². The number of aromatic nitrogens is 2. The van der Waals surface area contributed by atoms with Gasteiger partial charge in [0.05, 0.1) is 0 Å². The molecule has 5 heteroatoms. The molecule has 0 fully saturated rings. The number of para-hydroxylation sites is 1. The number of ether oxygens (including phenoxy) is 1. The van der Waals surface area contributed by atoms with Crippen molar-refractivity contribution in [1.82, 2.24) is 14.9 Å². The minimum absolute atomic E-state index is 0.0180. The van der Waals surface area contributed by atoms with Crippen molar-refractivity contribution in [2.24, 2.45) is 7.05 Å². The van der Waals surface area contributed by atoms with Crippen LogP contribution in [0.2, 0.25) is 0 Å². The normalized spacial score (nSPS) is 11.8. The molecule has 1 amide bonds. The molecule has 186 valence electrons. The van der Waals surface area contributed by atoms with E-state index < -0.39 is 0 Å². The Morgan fingerprint density at radius 3 is 2.59 bits per heavy atom. The van der Waals surface area contributed by atoms with E-state index in [0.717, 1.165) is 39.0 Å². The van der Waals surface area contributed by atoms with Crippen molar-refractivity contribution in [2.75, 3.05) is 6.54 Å². The summed E-state index contributed by atoms with van der Waals surface area (Å²) in [6.07, 6.45) is 4.97. The van der Waals surface area contributed by atoms with Crippen molar-refractivity contribution in [3.05, 3.63) is 132 Å². The SMILES string of the molecule is Cn1cc(C(CC(=O)NCCc2ccccn2)c2cccc(OCc3ccccc3)c2)c2ccccc21. The summed E-state index contributed by atoms with van der Waals surface area (Å²) < 4.78 is 8.25. The Labute approximate surface area is 217 Å². The molecule has 1 N–H and O–H groups in total. The fourth-order valence-electron chi connectivity index (χ4n) is 4.75. The smallest absolute Gasteiger partial charge is 0.220 e. The van der Waals surface area contributed by atoms with Gasteiger partial charge in [0.2, 0.25) is 5.91 Å². The van der Waals surface area contributed by atoms with Gasteiger partial charge in [0.25, 0.3) is 0 Å². The second kappa shape index (κ2) is 11.6. The summed E-state index contributed by atoms with van der Waals surface area (Å²) in [5.74, 6) is 0.702. The highest BCUT2D eigenvalue weighted by molar-refractivity contribution is 5.86. The van der Waals surface area contributed by atoms with Crippen LogP contribution in [0.4, 0.5) is 0 Å². The van der Waals surface area contributed by atoms with Gasteiger partial charge in [0.1, 0.15) is 12.4 Å². The van der Waals surface area contributed by atoms with Crippen LogP contribution in [-0.2, 0) is 24.9 Å². The maximum absolute atomic E-state index is 13.2. The zero-order chi connectivity index (χ0) is 25.5. The summed E-state index contributed by atoms with van der Waals surface area (Å²) in [7, 11) is 2.05. The third kappa shape index (κ3) is 6.07. The van der Waals surface area contributed by atoms with Crippen LogP contribution in [0, 0.1) is 0 Å². The molecule has 5 nitrogen and oxygen atoms in total. The van der Waals surface area contributed by atoms with Gasteiger partial charge in [0, 0.05) is 61.3 Å². The number of hydrogen-bond acceptors (Lipinski definition) is 3. The summed E-state index contributed by atoms with van der Waals surface area (Å²) >= 11 is 0. The third-order valence-corrected chi connectivity index (χ3v) is 6.63. The highest BCUT2D eigenvalue weighted by Gasteiger charge is 2.23. The van der Waals surface area contributed by atoms with E-state index in [1.54, 1.807) is 6.20 Å². The molecule has 37 heavy (non-hydrogen) atoms.